The highest BCUT2D eigenvalue weighted by molar-refractivity contribution is 4.85. The Kier molecular flexibility index (Phi) is 6.20. The van der Waals surface area contributed by atoms with Gasteiger partial charge in [0.1, 0.15) is 0 Å². The van der Waals surface area contributed by atoms with Gasteiger partial charge in [0.05, 0.1) is 0 Å². The van der Waals surface area contributed by atoms with Crippen LogP contribution < -0.4 is 5.32 Å². The summed E-state index contributed by atoms with van der Waals surface area (Å²) in [4.78, 5) is 0. The molecule has 1 aliphatic rings. The molecule has 14 heavy (non-hydrogen) atoms. The third-order valence-electron chi connectivity index (χ3n) is 2.81. The van der Waals surface area contributed by atoms with E-state index in [1.54, 1.807) is 0 Å². The topological polar surface area (TPSA) is 21.3 Å². The summed E-state index contributed by atoms with van der Waals surface area (Å²) in [5, 5.41) is 3.58. The van der Waals surface area contributed by atoms with Gasteiger partial charge in [0.2, 0.25) is 0 Å². The Hall–Kier alpha value is -0.0800. The molecule has 0 heterocycles. The van der Waals surface area contributed by atoms with Crippen molar-refractivity contribution < 1.29 is 4.74 Å². The van der Waals surface area contributed by atoms with Crippen LogP contribution in [0, 0.1) is 5.92 Å². The van der Waals surface area contributed by atoms with Crippen LogP contribution >= 0.6 is 0 Å². The van der Waals surface area contributed by atoms with Crippen LogP contribution in [0.1, 0.15) is 46.0 Å². The quantitative estimate of drug-likeness (QED) is 0.576. The number of rotatable bonds is 9. The van der Waals surface area contributed by atoms with Crippen LogP contribution in [0.4, 0.5) is 0 Å². The average molecular weight is 199 g/mol. The molecule has 0 spiro atoms. The second-order valence-corrected chi connectivity index (χ2v) is 4.26. The second kappa shape index (κ2) is 7.24. The van der Waals surface area contributed by atoms with Gasteiger partial charge in [0.15, 0.2) is 0 Å². The first-order valence-corrected chi connectivity index (χ1v) is 6.19. The van der Waals surface area contributed by atoms with E-state index in [9.17, 15) is 0 Å². The molecule has 1 unspecified atom stereocenters. The summed E-state index contributed by atoms with van der Waals surface area (Å²) in [6.45, 7) is 7.34. The molecule has 1 aliphatic carbocycles. The van der Waals surface area contributed by atoms with E-state index in [-0.39, 0.29) is 0 Å². The minimum atomic E-state index is 0.769. The number of nitrogens with one attached hydrogen (secondary N) is 1. The zero-order valence-corrected chi connectivity index (χ0v) is 9.72. The summed E-state index contributed by atoms with van der Waals surface area (Å²) in [5.74, 6) is 0.973. The van der Waals surface area contributed by atoms with Gasteiger partial charge in [0, 0.05) is 19.3 Å². The lowest BCUT2D eigenvalue weighted by atomic mass is 10.1. The molecular weight excluding hydrogens is 174 g/mol. The Bertz CT molecular complexity index is 134. The van der Waals surface area contributed by atoms with Crippen LogP contribution in [0.3, 0.4) is 0 Å². The van der Waals surface area contributed by atoms with E-state index in [4.69, 9.17) is 4.74 Å². The SMILES string of the molecule is CCCOCCCC(NCC)C1CC1. The van der Waals surface area contributed by atoms with E-state index < -0.39 is 0 Å². The van der Waals surface area contributed by atoms with Gasteiger partial charge in [-0.2, -0.15) is 0 Å². The molecule has 0 aromatic heterocycles. The van der Waals surface area contributed by atoms with Gasteiger partial charge in [-0.25, -0.2) is 0 Å². The smallest absolute Gasteiger partial charge is 0.0466 e. The highest BCUT2D eigenvalue weighted by Gasteiger charge is 2.29. The first kappa shape index (κ1) is 12.0. The van der Waals surface area contributed by atoms with E-state index in [2.05, 4.69) is 19.2 Å². The predicted molar refractivity (Wildman–Crippen MR) is 60.5 cm³/mol. The zero-order chi connectivity index (χ0) is 10.2. The van der Waals surface area contributed by atoms with Crippen LogP contribution in [-0.2, 0) is 4.74 Å². The molecule has 0 aromatic carbocycles. The molecule has 2 heteroatoms. The molecular formula is C12H25NO. The fourth-order valence-electron chi connectivity index (χ4n) is 1.92. The molecule has 0 amide bonds. The number of ether oxygens (including phenoxy) is 1. The van der Waals surface area contributed by atoms with Crippen molar-refractivity contribution in [2.24, 2.45) is 5.92 Å². The third kappa shape index (κ3) is 4.97. The maximum atomic E-state index is 5.48. The second-order valence-electron chi connectivity index (χ2n) is 4.26. The standard InChI is InChI=1S/C12H25NO/c1-3-9-14-10-5-6-12(13-4-2)11-7-8-11/h11-13H,3-10H2,1-2H3. The van der Waals surface area contributed by atoms with Crippen molar-refractivity contribution in [2.75, 3.05) is 19.8 Å². The summed E-state index contributed by atoms with van der Waals surface area (Å²) < 4.78 is 5.48. The van der Waals surface area contributed by atoms with E-state index in [1.807, 2.05) is 0 Å². The molecule has 1 N–H and O–H groups in total. The fraction of sp³-hybridized carbons (Fsp3) is 1.00. The highest BCUT2D eigenvalue weighted by Crippen LogP contribution is 2.34. The zero-order valence-electron chi connectivity index (χ0n) is 9.72. The van der Waals surface area contributed by atoms with Gasteiger partial charge in [-0.05, 0) is 44.6 Å². The van der Waals surface area contributed by atoms with Crippen LogP contribution in [0.25, 0.3) is 0 Å². The molecule has 1 saturated carbocycles. The van der Waals surface area contributed by atoms with Gasteiger partial charge in [-0.15, -0.1) is 0 Å². The van der Waals surface area contributed by atoms with Crippen molar-refractivity contribution in [2.45, 2.75) is 52.0 Å². The molecule has 0 aliphatic heterocycles. The lowest BCUT2D eigenvalue weighted by Crippen LogP contribution is -2.31. The Balaban J connectivity index is 1.96. The summed E-state index contributed by atoms with van der Waals surface area (Å²) in [6, 6.07) is 0.769. The molecule has 1 rings (SSSR count). The lowest BCUT2D eigenvalue weighted by molar-refractivity contribution is 0.128. The monoisotopic (exact) mass is 199 g/mol. The van der Waals surface area contributed by atoms with Crippen molar-refractivity contribution >= 4 is 0 Å². The van der Waals surface area contributed by atoms with Crippen molar-refractivity contribution in [1.29, 1.82) is 0 Å². The molecule has 0 aromatic rings. The van der Waals surface area contributed by atoms with E-state index in [1.165, 1.54) is 25.7 Å². The van der Waals surface area contributed by atoms with Gasteiger partial charge >= 0.3 is 0 Å². The Morgan fingerprint density at radius 1 is 1.29 bits per heavy atom. The van der Waals surface area contributed by atoms with E-state index >= 15 is 0 Å². The maximum Gasteiger partial charge on any atom is 0.0466 e. The van der Waals surface area contributed by atoms with Crippen LogP contribution in [0.2, 0.25) is 0 Å². The lowest BCUT2D eigenvalue weighted by Gasteiger charge is -2.16. The average Bonchev–Trinajstić information content (AvgIpc) is 2.99. The minimum absolute atomic E-state index is 0.769. The van der Waals surface area contributed by atoms with Gasteiger partial charge < -0.3 is 10.1 Å². The fourth-order valence-corrected chi connectivity index (χ4v) is 1.92. The Labute approximate surface area is 88.4 Å². The summed E-state index contributed by atoms with van der Waals surface area (Å²) in [7, 11) is 0. The van der Waals surface area contributed by atoms with Crippen molar-refractivity contribution in [1.82, 2.24) is 5.32 Å². The van der Waals surface area contributed by atoms with E-state index in [0.29, 0.717) is 0 Å². The van der Waals surface area contributed by atoms with Crippen LogP contribution in [0.15, 0.2) is 0 Å². The normalized spacial score (nSPS) is 18.4. The first-order chi connectivity index (χ1) is 6.88. The van der Waals surface area contributed by atoms with Gasteiger partial charge in [-0.3, -0.25) is 0 Å². The van der Waals surface area contributed by atoms with Crippen molar-refractivity contribution in [3.05, 3.63) is 0 Å². The molecule has 0 saturated heterocycles. The molecule has 84 valence electrons. The first-order valence-electron chi connectivity index (χ1n) is 6.19. The van der Waals surface area contributed by atoms with E-state index in [0.717, 1.165) is 38.1 Å². The van der Waals surface area contributed by atoms with Crippen molar-refractivity contribution in [3.63, 3.8) is 0 Å². The van der Waals surface area contributed by atoms with Crippen LogP contribution in [-0.4, -0.2) is 25.8 Å². The largest absolute Gasteiger partial charge is 0.381 e. The summed E-state index contributed by atoms with van der Waals surface area (Å²) >= 11 is 0. The number of hydrogen-bond acceptors (Lipinski definition) is 2. The minimum Gasteiger partial charge on any atom is -0.381 e. The third-order valence-corrected chi connectivity index (χ3v) is 2.81. The van der Waals surface area contributed by atoms with Gasteiger partial charge in [0.25, 0.3) is 0 Å². The maximum absolute atomic E-state index is 5.48. The molecule has 0 radical (unpaired) electrons. The molecule has 1 fully saturated rings. The molecule has 2 nitrogen and oxygen atoms in total. The highest BCUT2D eigenvalue weighted by atomic mass is 16.5. The Morgan fingerprint density at radius 2 is 2.07 bits per heavy atom. The van der Waals surface area contributed by atoms with Crippen molar-refractivity contribution in [3.8, 4) is 0 Å². The number of hydrogen-bond donors (Lipinski definition) is 1. The summed E-state index contributed by atoms with van der Waals surface area (Å²) in [5.41, 5.74) is 0. The Morgan fingerprint density at radius 3 is 2.64 bits per heavy atom. The molecule has 0 bridgehead atoms. The molecule has 1 atom stereocenters. The summed E-state index contributed by atoms with van der Waals surface area (Å²) in [6.07, 6.45) is 6.52. The van der Waals surface area contributed by atoms with Gasteiger partial charge in [-0.1, -0.05) is 13.8 Å². The predicted octanol–water partition coefficient (Wildman–Crippen LogP) is 2.58. The van der Waals surface area contributed by atoms with Crippen LogP contribution in [0.5, 0.6) is 0 Å².